The van der Waals surface area contributed by atoms with E-state index in [9.17, 15) is 4.79 Å². The van der Waals surface area contributed by atoms with Crippen LogP contribution in [0, 0.1) is 0 Å². The van der Waals surface area contributed by atoms with Crippen LogP contribution in [0.25, 0.3) is 0 Å². The quantitative estimate of drug-likeness (QED) is 0.766. The first kappa shape index (κ1) is 17.0. The monoisotopic (exact) mass is 341 g/mol. The van der Waals surface area contributed by atoms with Gasteiger partial charge in [-0.15, -0.1) is 0 Å². The van der Waals surface area contributed by atoms with Gasteiger partial charge >= 0.3 is 5.97 Å². The number of rotatable bonds is 5. The van der Waals surface area contributed by atoms with E-state index in [2.05, 4.69) is 27.1 Å². The normalized spacial score (nSPS) is 17.3. The summed E-state index contributed by atoms with van der Waals surface area (Å²) in [5, 5.41) is 12.1. The van der Waals surface area contributed by atoms with Gasteiger partial charge in [0.2, 0.25) is 0 Å². The molecule has 0 bridgehead atoms. The van der Waals surface area contributed by atoms with Crippen LogP contribution in [0.3, 0.4) is 0 Å². The number of nitrogens with one attached hydrogen (secondary N) is 1. The van der Waals surface area contributed by atoms with Gasteiger partial charge in [0.05, 0.1) is 5.56 Å². The van der Waals surface area contributed by atoms with Crippen molar-refractivity contribution in [3.05, 3.63) is 36.2 Å². The van der Waals surface area contributed by atoms with Gasteiger partial charge in [0, 0.05) is 18.3 Å². The Hall–Kier alpha value is -2.83. The van der Waals surface area contributed by atoms with Crippen LogP contribution >= 0.6 is 0 Å². The fourth-order valence-corrected chi connectivity index (χ4v) is 3.25. The topological polar surface area (TPSA) is 104 Å². The van der Waals surface area contributed by atoms with Crippen molar-refractivity contribution in [3.63, 3.8) is 0 Å². The van der Waals surface area contributed by atoms with E-state index in [1.165, 1.54) is 12.7 Å². The number of anilines is 4. The number of carboxylic acid groups (broad SMARTS) is 1. The van der Waals surface area contributed by atoms with Crippen LogP contribution < -0.4 is 16.0 Å². The van der Waals surface area contributed by atoms with E-state index < -0.39 is 5.97 Å². The first-order valence-corrected chi connectivity index (χ1v) is 8.57. The molecule has 1 aromatic carbocycles. The van der Waals surface area contributed by atoms with Crippen LogP contribution in [0.5, 0.6) is 0 Å². The van der Waals surface area contributed by atoms with Crippen molar-refractivity contribution in [3.8, 4) is 0 Å². The summed E-state index contributed by atoms with van der Waals surface area (Å²) in [4.78, 5) is 21.9. The van der Waals surface area contributed by atoms with E-state index in [-0.39, 0.29) is 5.56 Å². The predicted molar refractivity (Wildman–Crippen MR) is 98.4 cm³/mol. The Balaban J connectivity index is 1.84. The molecule has 0 aliphatic carbocycles. The Labute approximate surface area is 146 Å². The number of nitrogens with two attached hydrogens (primary N) is 1. The Kier molecular flexibility index (Phi) is 5.02. The molecule has 7 heteroatoms. The molecule has 3 rings (SSSR count). The molecule has 0 spiro atoms. The van der Waals surface area contributed by atoms with E-state index in [1.54, 1.807) is 24.3 Å². The number of aromatic carboxylic acids is 1. The third-order valence-electron chi connectivity index (χ3n) is 4.63. The number of hydrogen-bond donors (Lipinski definition) is 3. The van der Waals surface area contributed by atoms with Crippen LogP contribution in [0.4, 0.5) is 23.0 Å². The Morgan fingerprint density at radius 1 is 1.32 bits per heavy atom. The second-order valence-electron chi connectivity index (χ2n) is 6.22. The third kappa shape index (κ3) is 3.65. The van der Waals surface area contributed by atoms with E-state index in [0.717, 1.165) is 37.3 Å². The molecule has 1 aliphatic heterocycles. The number of hydrogen-bond acceptors (Lipinski definition) is 6. The molecule has 0 radical (unpaired) electrons. The summed E-state index contributed by atoms with van der Waals surface area (Å²) in [6.45, 7) is 3.13. The summed E-state index contributed by atoms with van der Waals surface area (Å²) in [7, 11) is 0. The molecule has 2 heterocycles. The second kappa shape index (κ2) is 7.38. The molecular formula is C18H23N5O2. The lowest BCUT2D eigenvalue weighted by atomic mass is 10.00. The molecule has 7 nitrogen and oxygen atoms in total. The van der Waals surface area contributed by atoms with E-state index >= 15 is 0 Å². The van der Waals surface area contributed by atoms with Gasteiger partial charge in [0.15, 0.2) is 11.6 Å². The Bertz CT molecular complexity index is 748. The zero-order chi connectivity index (χ0) is 17.8. The fourth-order valence-electron chi connectivity index (χ4n) is 3.25. The van der Waals surface area contributed by atoms with Gasteiger partial charge < -0.3 is 21.1 Å². The Morgan fingerprint density at radius 2 is 2.08 bits per heavy atom. The highest BCUT2D eigenvalue weighted by Gasteiger charge is 2.24. The minimum absolute atomic E-state index is 0.237. The van der Waals surface area contributed by atoms with E-state index in [1.807, 2.05) is 0 Å². The SMILES string of the molecule is CCC1CCCCN1c1ncnc(Nc2ccc(C(=O)O)cc2)c1N. The lowest BCUT2D eigenvalue weighted by Gasteiger charge is -2.36. The van der Waals surface area contributed by atoms with E-state index in [4.69, 9.17) is 10.8 Å². The maximum atomic E-state index is 10.9. The number of carbonyl (C=O) groups is 1. The van der Waals surface area contributed by atoms with Crippen molar-refractivity contribution in [1.29, 1.82) is 0 Å². The first-order chi connectivity index (χ1) is 12.1. The molecule has 1 aromatic heterocycles. The molecule has 25 heavy (non-hydrogen) atoms. The summed E-state index contributed by atoms with van der Waals surface area (Å²) >= 11 is 0. The minimum atomic E-state index is -0.953. The molecular weight excluding hydrogens is 318 g/mol. The molecule has 1 atom stereocenters. The molecule has 0 saturated carbocycles. The van der Waals surface area contributed by atoms with Crippen LogP contribution in [0.2, 0.25) is 0 Å². The van der Waals surface area contributed by atoms with Crippen molar-refractivity contribution in [2.45, 2.75) is 38.6 Å². The van der Waals surface area contributed by atoms with Crippen LogP contribution in [0.1, 0.15) is 43.0 Å². The maximum absolute atomic E-state index is 10.9. The molecule has 132 valence electrons. The zero-order valence-corrected chi connectivity index (χ0v) is 14.3. The fraction of sp³-hybridized carbons (Fsp3) is 0.389. The van der Waals surface area contributed by atoms with Gasteiger partial charge in [-0.2, -0.15) is 0 Å². The largest absolute Gasteiger partial charge is 0.478 e. The van der Waals surface area contributed by atoms with Gasteiger partial charge in [0.25, 0.3) is 0 Å². The molecule has 4 N–H and O–H groups in total. The third-order valence-corrected chi connectivity index (χ3v) is 4.63. The molecule has 2 aromatic rings. The highest BCUT2D eigenvalue weighted by molar-refractivity contribution is 5.88. The summed E-state index contributed by atoms with van der Waals surface area (Å²) in [6.07, 6.45) is 6.10. The lowest BCUT2D eigenvalue weighted by Crippen LogP contribution is -2.40. The van der Waals surface area contributed by atoms with Crippen LogP contribution in [-0.4, -0.2) is 33.6 Å². The summed E-state index contributed by atoms with van der Waals surface area (Å²) in [6, 6.07) is 6.93. The summed E-state index contributed by atoms with van der Waals surface area (Å²) < 4.78 is 0. The molecule has 1 aliphatic rings. The van der Waals surface area contributed by atoms with Gasteiger partial charge in [-0.05, 0) is 49.9 Å². The number of benzene rings is 1. The summed E-state index contributed by atoms with van der Waals surface area (Å²) in [5.74, 6) is 0.353. The lowest BCUT2D eigenvalue weighted by molar-refractivity contribution is 0.0697. The highest BCUT2D eigenvalue weighted by atomic mass is 16.4. The van der Waals surface area contributed by atoms with Crippen molar-refractivity contribution in [2.75, 3.05) is 22.5 Å². The predicted octanol–water partition coefficient (Wildman–Crippen LogP) is 3.27. The second-order valence-corrected chi connectivity index (χ2v) is 6.22. The maximum Gasteiger partial charge on any atom is 0.335 e. The smallest absolute Gasteiger partial charge is 0.335 e. The van der Waals surface area contributed by atoms with Crippen molar-refractivity contribution in [2.24, 2.45) is 0 Å². The Morgan fingerprint density at radius 3 is 2.76 bits per heavy atom. The van der Waals surface area contributed by atoms with Crippen LogP contribution in [-0.2, 0) is 0 Å². The number of piperidine rings is 1. The molecule has 1 unspecified atom stereocenters. The molecule has 1 fully saturated rings. The molecule has 0 amide bonds. The minimum Gasteiger partial charge on any atom is -0.478 e. The van der Waals surface area contributed by atoms with Gasteiger partial charge in [-0.1, -0.05) is 6.92 Å². The number of carboxylic acids is 1. The van der Waals surface area contributed by atoms with Crippen LogP contribution in [0.15, 0.2) is 30.6 Å². The number of nitrogen functional groups attached to an aromatic ring is 1. The first-order valence-electron chi connectivity index (χ1n) is 8.57. The van der Waals surface area contributed by atoms with E-state index in [0.29, 0.717) is 17.5 Å². The number of nitrogens with zero attached hydrogens (tertiary/aromatic N) is 3. The van der Waals surface area contributed by atoms with Gasteiger partial charge in [0.1, 0.15) is 12.0 Å². The highest BCUT2D eigenvalue weighted by Crippen LogP contribution is 2.33. The zero-order valence-electron chi connectivity index (χ0n) is 14.3. The molecule has 1 saturated heterocycles. The number of aromatic nitrogens is 2. The summed E-state index contributed by atoms with van der Waals surface area (Å²) in [5.41, 5.74) is 7.82. The van der Waals surface area contributed by atoms with Gasteiger partial charge in [-0.25, -0.2) is 14.8 Å². The van der Waals surface area contributed by atoms with Crippen molar-refractivity contribution < 1.29 is 9.90 Å². The van der Waals surface area contributed by atoms with Crippen molar-refractivity contribution >= 4 is 29.0 Å². The van der Waals surface area contributed by atoms with Crippen molar-refractivity contribution in [1.82, 2.24) is 9.97 Å². The average Bonchev–Trinajstić information content (AvgIpc) is 2.64. The van der Waals surface area contributed by atoms with Gasteiger partial charge in [-0.3, -0.25) is 0 Å². The average molecular weight is 341 g/mol. The standard InChI is InChI=1S/C18H23N5O2/c1-2-14-5-3-4-10-23(14)17-15(19)16(20-11-21-17)22-13-8-6-12(7-9-13)18(24)25/h6-9,11,14H,2-5,10,19H2,1H3,(H,24,25)(H,20,21,22).